The van der Waals surface area contributed by atoms with Gasteiger partial charge < -0.3 is 38.7 Å². The Balaban J connectivity index is 1.24. The fourth-order valence-electron chi connectivity index (χ4n) is 3.58. The molecular weight excluding hydrogens is 537 g/mol. The summed E-state index contributed by atoms with van der Waals surface area (Å²) in [6.07, 6.45) is 3.48. The first kappa shape index (κ1) is 30.6. The molecule has 0 spiro atoms. The molecule has 38 heavy (non-hydrogen) atoms. The van der Waals surface area contributed by atoms with Gasteiger partial charge in [0.05, 0.1) is 75.5 Å². The van der Waals surface area contributed by atoms with E-state index in [-0.39, 0.29) is 6.04 Å². The molecule has 2 N–H and O–H groups in total. The Kier molecular flexibility index (Phi) is 14.2. The number of benzene rings is 1. The van der Waals surface area contributed by atoms with Crippen LogP contribution >= 0.6 is 23.2 Å². The molecule has 1 unspecified atom stereocenters. The smallest absolute Gasteiger partial charge is 0.216 e. The quantitative estimate of drug-likeness (QED) is 0.232. The summed E-state index contributed by atoms with van der Waals surface area (Å²) in [7, 11) is 1.64. The lowest BCUT2D eigenvalue weighted by Gasteiger charge is -2.12. The molecule has 0 amide bonds. The van der Waals surface area contributed by atoms with Crippen LogP contribution in [0.25, 0.3) is 0 Å². The van der Waals surface area contributed by atoms with Gasteiger partial charge in [-0.05, 0) is 31.4 Å². The van der Waals surface area contributed by atoms with Crippen LogP contribution in [0.15, 0.2) is 27.7 Å². The van der Waals surface area contributed by atoms with E-state index < -0.39 is 0 Å². The van der Waals surface area contributed by atoms with Crippen molar-refractivity contribution in [3.8, 4) is 5.75 Å². The van der Waals surface area contributed by atoms with Gasteiger partial charge in [0.2, 0.25) is 5.90 Å². The molecule has 10 nitrogen and oxygen atoms in total. The van der Waals surface area contributed by atoms with Crippen molar-refractivity contribution in [3.63, 3.8) is 0 Å². The first-order valence-electron chi connectivity index (χ1n) is 12.8. The minimum absolute atomic E-state index is 0.338. The van der Waals surface area contributed by atoms with Gasteiger partial charge in [0.25, 0.3) is 0 Å². The van der Waals surface area contributed by atoms with E-state index in [0.29, 0.717) is 93.4 Å². The Morgan fingerprint density at radius 1 is 0.921 bits per heavy atom. The summed E-state index contributed by atoms with van der Waals surface area (Å²) >= 11 is 12.7. The van der Waals surface area contributed by atoms with Gasteiger partial charge in [0.1, 0.15) is 18.1 Å². The van der Waals surface area contributed by atoms with E-state index in [1.165, 1.54) is 0 Å². The number of hydrogen-bond donors (Lipinski definition) is 1. The topological polar surface area (TPSA) is 120 Å². The molecule has 1 aliphatic rings. The Morgan fingerprint density at radius 3 is 2.32 bits per heavy atom. The van der Waals surface area contributed by atoms with E-state index in [1.807, 2.05) is 6.07 Å². The molecule has 12 heteroatoms. The van der Waals surface area contributed by atoms with Gasteiger partial charge in [-0.15, -0.1) is 0 Å². The highest BCUT2D eigenvalue weighted by atomic mass is 35.5. The number of aliphatic imine (C=N–C) groups is 1. The molecule has 2 heterocycles. The van der Waals surface area contributed by atoms with Gasteiger partial charge in [0, 0.05) is 25.2 Å². The molecular formula is C26H37Cl2N3O7. The van der Waals surface area contributed by atoms with Gasteiger partial charge in [-0.2, -0.15) is 0 Å². The number of aromatic nitrogens is 1. The summed E-state index contributed by atoms with van der Waals surface area (Å²) in [5, 5.41) is 4.96. The zero-order chi connectivity index (χ0) is 27.0. The third-order valence-corrected chi connectivity index (χ3v) is 6.14. The van der Waals surface area contributed by atoms with E-state index in [4.69, 9.17) is 61.9 Å². The summed E-state index contributed by atoms with van der Waals surface area (Å²) in [6.45, 7) is 5.16. The second-order valence-corrected chi connectivity index (χ2v) is 9.39. The molecule has 1 aromatic heterocycles. The third-order valence-electron chi connectivity index (χ3n) is 5.57. The molecule has 1 aromatic carbocycles. The maximum absolute atomic E-state index is 6.37. The van der Waals surface area contributed by atoms with Crippen molar-refractivity contribution in [1.29, 1.82) is 0 Å². The van der Waals surface area contributed by atoms with Crippen molar-refractivity contribution < 1.29 is 32.9 Å². The van der Waals surface area contributed by atoms with Crippen LogP contribution in [-0.2, 0) is 30.1 Å². The summed E-state index contributed by atoms with van der Waals surface area (Å²) in [5.74, 6) is 1.84. The molecule has 212 valence electrons. The van der Waals surface area contributed by atoms with Crippen LogP contribution in [0.2, 0.25) is 10.0 Å². The first-order valence-corrected chi connectivity index (χ1v) is 13.6. The number of nitrogens with zero attached hydrogens (tertiary/aromatic N) is 2. The largest absolute Gasteiger partial charge is 0.490 e. The van der Waals surface area contributed by atoms with E-state index in [9.17, 15) is 0 Å². The summed E-state index contributed by atoms with van der Waals surface area (Å²) in [5.41, 5.74) is 7.60. The van der Waals surface area contributed by atoms with Crippen LogP contribution in [0.5, 0.6) is 5.75 Å². The van der Waals surface area contributed by atoms with Crippen LogP contribution in [0.4, 0.5) is 0 Å². The average molecular weight is 575 g/mol. The zero-order valence-electron chi connectivity index (χ0n) is 21.8. The van der Waals surface area contributed by atoms with Crippen molar-refractivity contribution in [1.82, 2.24) is 5.16 Å². The zero-order valence-corrected chi connectivity index (χ0v) is 23.3. The minimum Gasteiger partial charge on any atom is -0.490 e. The lowest BCUT2D eigenvalue weighted by atomic mass is 10.1. The van der Waals surface area contributed by atoms with Crippen molar-refractivity contribution >= 4 is 29.1 Å². The standard InChI is InChI=1S/C26H37Cl2N3O7/c1-32-9-10-33-11-12-34-13-14-35-18-23(29)24-17-20(38-31-24)5-3-2-4-7-36-25-21(27)15-19(16-22(25)28)26-30-6-8-37-26/h15-17,23H,2-14,18,29H2,1H3. The maximum Gasteiger partial charge on any atom is 0.216 e. The molecule has 1 atom stereocenters. The average Bonchev–Trinajstić information content (AvgIpc) is 3.61. The molecule has 0 saturated heterocycles. The minimum atomic E-state index is -0.355. The van der Waals surface area contributed by atoms with Crippen LogP contribution < -0.4 is 10.5 Å². The number of hydrogen-bond acceptors (Lipinski definition) is 10. The highest BCUT2D eigenvalue weighted by Gasteiger charge is 2.16. The molecule has 0 fully saturated rings. The molecule has 0 radical (unpaired) electrons. The summed E-state index contributed by atoms with van der Waals surface area (Å²) in [6, 6.07) is 5.06. The summed E-state index contributed by atoms with van der Waals surface area (Å²) in [4.78, 5) is 4.28. The van der Waals surface area contributed by atoms with Crippen molar-refractivity contribution in [2.45, 2.75) is 31.7 Å². The number of halogens is 2. The number of rotatable bonds is 20. The number of unbranched alkanes of at least 4 members (excludes halogenated alkanes) is 2. The predicted octanol–water partition coefficient (Wildman–Crippen LogP) is 4.25. The van der Waals surface area contributed by atoms with Gasteiger partial charge >= 0.3 is 0 Å². The van der Waals surface area contributed by atoms with Crippen LogP contribution in [0.3, 0.4) is 0 Å². The summed E-state index contributed by atoms with van der Waals surface area (Å²) < 4.78 is 38.0. The Labute approximate surface area is 233 Å². The van der Waals surface area contributed by atoms with Crippen molar-refractivity contribution in [2.24, 2.45) is 10.7 Å². The number of aryl methyl sites for hydroxylation is 1. The van der Waals surface area contributed by atoms with Crippen LogP contribution in [0, 0.1) is 0 Å². The van der Waals surface area contributed by atoms with Gasteiger partial charge in [0.15, 0.2) is 5.75 Å². The number of nitrogens with two attached hydrogens (primary N) is 1. The van der Waals surface area contributed by atoms with Crippen molar-refractivity contribution in [2.75, 3.05) is 73.1 Å². The van der Waals surface area contributed by atoms with E-state index in [1.54, 1.807) is 19.2 Å². The lowest BCUT2D eigenvalue weighted by Crippen LogP contribution is -2.19. The van der Waals surface area contributed by atoms with E-state index in [2.05, 4.69) is 10.1 Å². The van der Waals surface area contributed by atoms with Crippen LogP contribution in [0.1, 0.15) is 42.3 Å². The monoisotopic (exact) mass is 573 g/mol. The van der Waals surface area contributed by atoms with E-state index >= 15 is 0 Å². The Morgan fingerprint density at radius 2 is 1.63 bits per heavy atom. The second-order valence-electron chi connectivity index (χ2n) is 8.58. The molecule has 1 aliphatic heterocycles. The fraction of sp³-hybridized carbons (Fsp3) is 0.615. The van der Waals surface area contributed by atoms with Gasteiger partial charge in [-0.3, -0.25) is 0 Å². The normalized spacial score (nSPS) is 13.9. The molecule has 3 rings (SSSR count). The number of methoxy groups -OCH3 is 1. The SMILES string of the molecule is COCCOCCOCCOCC(N)c1cc(CCCCCOc2c(Cl)cc(C3=NCCO3)cc2Cl)on1. The van der Waals surface area contributed by atoms with Gasteiger partial charge in [-0.1, -0.05) is 28.4 Å². The van der Waals surface area contributed by atoms with Crippen LogP contribution in [-0.4, -0.2) is 84.2 Å². The molecule has 0 bridgehead atoms. The van der Waals surface area contributed by atoms with Gasteiger partial charge in [-0.25, -0.2) is 4.99 Å². The fourth-order valence-corrected chi connectivity index (χ4v) is 4.18. The second kappa shape index (κ2) is 17.6. The molecule has 2 aromatic rings. The lowest BCUT2D eigenvalue weighted by molar-refractivity contribution is 0.00176. The Hall–Kier alpha value is -1.92. The van der Waals surface area contributed by atoms with E-state index in [0.717, 1.165) is 37.0 Å². The van der Waals surface area contributed by atoms with Crippen molar-refractivity contribution in [3.05, 3.63) is 45.3 Å². The Bertz CT molecular complexity index is 966. The number of ether oxygens (including phenoxy) is 6. The highest BCUT2D eigenvalue weighted by Crippen LogP contribution is 2.35. The third kappa shape index (κ3) is 10.7. The maximum atomic E-state index is 6.37. The first-order chi connectivity index (χ1) is 18.6. The molecule has 0 aliphatic carbocycles. The predicted molar refractivity (Wildman–Crippen MR) is 145 cm³/mol. The highest BCUT2D eigenvalue weighted by molar-refractivity contribution is 6.37. The molecule has 0 saturated carbocycles.